The van der Waals surface area contributed by atoms with Crippen LogP contribution in [0.4, 0.5) is 20.7 Å². The maximum Gasteiger partial charge on any atom is 0.407 e. The number of carbonyl (C=O) groups excluding carboxylic acids is 1. The Morgan fingerprint density at radius 3 is 2.56 bits per heavy atom. The van der Waals surface area contributed by atoms with Gasteiger partial charge in [-0.3, -0.25) is 9.48 Å². The summed E-state index contributed by atoms with van der Waals surface area (Å²) in [6, 6.07) is 6.83. The number of halogens is 1. The molecule has 2 aliphatic rings. The lowest BCUT2D eigenvalue weighted by atomic mass is 9.79. The average Bonchev–Trinajstić information content (AvgIpc) is 3.53. The van der Waals surface area contributed by atoms with Crippen molar-refractivity contribution in [3.63, 3.8) is 0 Å². The zero-order valence-corrected chi connectivity index (χ0v) is 17.6. The number of likely N-dealkylation sites (tertiary alicyclic amines) is 1. The molecule has 1 aliphatic heterocycles. The molecule has 1 aliphatic carbocycles. The van der Waals surface area contributed by atoms with Gasteiger partial charge in [0.05, 0.1) is 24.1 Å². The van der Waals surface area contributed by atoms with Gasteiger partial charge in [0.15, 0.2) is 5.82 Å². The zero-order valence-electron chi connectivity index (χ0n) is 17.6. The minimum Gasteiger partial charge on any atom is -0.465 e. The highest BCUT2D eigenvalue weighted by atomic mass is 19.1. The van der Waals surface area contributed by atoms with Crippen molar-refractivity contribution in [1.29, 1.82) is 5.26 Å². The molecule has 0 bridgehead atoms. The number of hydrogen-bond donors (Lipinski definition) is 3. The molecule has 0 spiro atoms. The molecule has 2 unspecified atom stereocenters. The first-order chi connectivity index (χ1) is 15.3. The molecule has 4 N–H and O–H groups in total. The predicted octanol–water partition coefficient (Wildman–Crippen LogP) is 3.34. The van der Waals surface area contributed by atoms with Gasteiger partial charge in [0.1, 0.15) is 11.4 Å². The van der Waals surface area contributed by atoms with E-state index < -0.39 is 35.8 Å². The molecule has 1 saturated heterocycles. The van der Waals surface area contributed by atoms with Crippen LogP contribution in [0.5, 0.6) is 0 Å². The number of nitrogens with two attached hydrogens (primary N) is 1. The number of nitrogens with zero attached hydrogens (tertiary/aromatic N) is 4. The van der Waals surface area contributed by atoms with Crippen molar-refractivity contribution in [2.45, 2.75) is 38.3 Å². The van der Waals surface area contributed by atoms with E-state index in [9.17, 15) is 24.3 Å². The number of anilines is 2. The summed E-state index contributed by atoms with van der Waals surface area (Å²) in [7, 11) is 0. The zero-order chi connectivity index (χ0) is 23.0. The molecule has 2 heterocycles. The third-order valence-corrected chi connectivity index (χ3v) is 6.53. The Labute approximate surface area is 184 Å². The highest BCUT2D eigenvalue weighted by molar-refractivity contribution is 5.98. The van der Waals surface area contributed by atoms with Crippen LogP contribution in [0.2, 0.25) is 0 Å². The van der Waals surface area contributed by atoms with Crippen LogP contribution in [0.25, 0.3) is 0 Å². The topological polar surface area (TPSA) is 137 Å². The van der Waals surface area contributed by atoms with Gasteiger partial charge in [-0.1, -0.05) is 6.92 Å². The van der Waals surface area contributed by atoms with Crippen LogP contribution in [-0.2, 0) is 0 Å². The van der Waals surface area contributed by atoms with E-state index in [1.165, 1.54) is 40.0 Å². The monoisotopic (exact) mass is 440 g/mol. The number of piperidine rings is 1. The summed E-state index contributed by atoms with van der Waals surface area (Å²) < 4.78 is 14.8. The fraction of sp³-hybridized carbons (Fsp3) is 0.455. The number of aromatic nitrogens is 2. The van der Waals surface area contributed by atoms with Crippen molar-refractivity contribution in [3.8, 4) is 6.07 Å². The summed E-state index contributed by atoms with van der Waals surface area (Å²) in [6.45, 7) is 2.29. The van der Waals surface area contributed by atoms with E-state index in [-0.39, 0.29) is 23.8 Å². The van der Waals surface area contributed by atoms with Gasteiger partial charge in [-0.25, -0.2) is 9.18 Å². The third kappa shape index (κ3) is 4.10. The number of primary amides is 1. The number of nitrogens with one attached hydrogen (secondary N) is 1. The van der Waals surface area contributed by atoms with Gasteiger partial charge in [0.2, 0.25) is 0 Å². The van der Waals surface area contributed by atoms with Crippen LogP contribution in [0.15, 0.2) is 30.5 Å². The van der Waals surface area contributed by atoms with Gasteiger partial charge >= 0.3 is 6.09 Å². The van der Waals surface area contributed by atoms with Crippen LogP contribution in [0, 0.1) is 34.9 Å². The fourth-order valence-electron chi connectivity index (χ4n) is 4.71. The Hall–Kier alpha value is -3.61. The molecule has 4 atom stereocenters. The second-order valence-electron chi connectivity index (χ2n) is 8.55. The molecule has 4 rings (SSSR count). The molecule has 1 aromatic heterocycles. The van der Waals surface area contributed by atoms with Gasteiger partial charge in [-0.2, -0.15) is 10.4 Å². The quantitative estimate of drug-likeness (QED) is 0.630. The van der Waals surface area contributed by atoms with Crippen LogP contribution >= 0.6 is 0 Å². The molecule has 9 nitrogen and oxygen atoms in total. The van der Waals surface area contributed by atoms with Crippen molar-refractivity contribution in [1.82, 2.24) is 14.7 Å². The molecule has 0 radical (unpaired) electrons. The second-order valence-corrected chi connectivity index (χ2v) is 8.55. The number of amides is 2. The number of nitriles is 1. The highest BCUT2D eigenvalue weighted by Crippen LogP contribution is 2.46. The summed E-state index contributed by atoms with van der Waals surface area (Å²) in [5.41, 5.74) is 6.19. The van der Waals surface area contributed by atoms with E-state index in [4.69, 9.17) is 5.73 Å². The number of carbonyl (C=O) groups is 2. The normalized spacial score (nSPS) is 23.9. The van der Waals surface area contributed by atoms with Crippen molar-refractivity contribution >= 4 is 23.5 Å². The molecule has 1 saturated carbocycles. The molecule has 1 aromatic carbocycles. The minimum atomic E-state index is -1.03. The number of carboxylic acid groups (broad SMARTS) is 1. The van der Waals surface area contributed by atoms with Crippen molar-refractivity contribution in [2.75, 3.05) is 11.9 Å². The molecule has 2 aromatic rings. The largest absolute Gasteiger partial charge is 0.465 e. The standard InChI is InChI=1S/C22H25FN6O3/c1-12(13-2-3-13)18-19(14(10-24)8-9-28(18)22(31)32)29-11-17(20(25)30)21(27-29)26-16-6-4-15(23)5-7-16/h4-7,11-14,18-19H,2-3,8-9H2,1H3,(H2,25,30)(H,26,27)(H,31,32)/t12?,14-,18?,19-/m0/s1. The Morgan fingerprint density at radius 2 is 2.00 bits per heavy atom. The summed E-state index contributed by atoms with van der Waals surface area (Å²) in [5.74, 6) is -0.998. The molecule has 10 heteroatoms. The fourth-order valence-corrected chi connectivity index (χ4v) is 4.71. The molecule has 2 amide bonds. The van der Waals surface area contributed by atoms with Crippen LogP contribution < -0.4 is 11.1 Å². The molecular formula is C22H25FN6O3. The van der Waals surface area contributed by atoms with Gasteiger partial charge < -0.3 is 21.1 Å². The van der Waals surface area contributed by atoms with E-state index in [0.717, 1.165) is 12.8 Å². The predicted molar refractivity (Wildman–Crippen MR) is 114 cm³/mol. The van der Waals surface area contributed by atoms with Crippen LogP contribution in [-0.4, -0.2) is 44.4 Å². The second kappa shape index (κ2) is 8.49. The van der Waals surface area contributed by atoms with Gasteiger partial charge in [-0.15, -0.1) is 0 Å². The third-order valence-electron chi connectivity index (χ3n) is 6.53. The van der Waals surface area contributed by atoms with Crippen molar-refractivity contribution < 1.29 is 19.1 Å². The molecular weight excluding hydrogens is 415 g/mol. The summed E-state index contributed by atoms with van der Waals surface area (Å²) in [4.78, 5) is 25.6. The molecule has 168 valence electrons. The van der Waals surface area contributed by atoms with Gasteiger partial charge in [0.25, 0.3) is 5.91 Å². The average molecular weight is 440 g/mol. The molecule has 2 fully saturated rings. The minimum absolute atomic E-state index is 0.0296. The summed E-state index contributed by atoms with van der Waals surface area (Å²) >= 11 is 0. The first kappa shape index (κ1) is 21.6. The Balaban J connectivity index is 1.75. The van der Waals surface area contributed by atoms with E-state index >= 15 is 0 Å². The summed E-state index contributed by atoms with van der Waals surface area (Å²) in [5, 5.41) is 27.2. The Bertz CT molecular complexity index is 1060. The van der Waals surface area contributed by atoms with E-state index in [0.29, 0.717) is 18.0 Å². The lowest BCUT2D eigenvalue weighted by Gasteiger charge is -2.45. The van der Waals surface area contributed by atoms with Crippen molar-refractivity contribution in [3.05, 3.63) is 41.8 Å². The Kier molecular flexibility index (Phi) is 5.74. The van der Waals surface area contributed by atoms with E-state index in [1.54, 1.807) is 0 Å². The number of hydrogen-bond acceptors (Lipinski definition) is 5. The lowest BCUT2D eigenvalue weighted by molar-refractivity contribution is 0.0312. The smallest absolute Gasteiger partial charge is 0.407 e. The maximum atomic E-state index is 13.2. The lowest BCUT2D eigenvalue weighted by Crippen LogP contribution is -2.55. The number of benzene rings is 1. The first-order valence-corrected chi connectivity index (χ1v) is 10.6. The maximum absolute atomic E-state index is 13.2. The van der Waals surface area contributed by atoms with Gasteiger partial charge in [0, 0.05) is 18.4 Å². The first-order valence-electron chi connectivity index (χ1n) is 10.6. The van der Waals surface area contributed by atoms with Crippen LogP contribution in [0.1, 0.15) is 42.6 Å². The molecule has 32 heavy (non-hydrogen) atoms. The summed E-state index contributed by atoms with van der Waals surface area (Å²) in [6.07, 6.45) is 2.86. The van der Waals surface area contributed by atoms with E-state index in [2.05, 4.69) is 16.5 Å². The van der Waals surface area contributed by atoms with Crippen molar-refractivity contribution in [2.24, 2.45) is 23.5 Å². The van der Waals surface area contributed by atoms with Crippen LogP contribution in [0.3, 0.4) is 0 Å². The van der Waals surface area contributed by atoms with E-state index in [1.807, 2.05) is 6.92 Å². The van der Waals surface area contributed by atoms with Gasteiger partial charge in [-0.05, 0) is 55.4 Å². The SMILES string of the molecule is CC(C1CC1)C1[C@@H](n2cc(C(N)=O)c(Nc3ccc(F)cc3)n2)[C@H](C#N)CCN1C(=O)O. The Morgan fingerprint density at radius 1 is 1.31 bits per heavy atom. The highest BCUT2D eigenvalue weighted by Gasteiger charge is 2.48. The number of rotatable bonds is 6.